The van der Waals surface area contributed by atoms with Crippen LogP contribution in [-0.4, -0.2) is 39.0 Å². The van der Waals surface area contributed by atoms with Gasteiger partial charge in [0, 0.05) is 0 Å². The van der Waals surface area contributed by atoms with Crippen LogP contribution in [-0.2, 0) is 13.9 Å². The number of carboxylic acids is 1. The molecule has 1 unspecified atom stereocenters. The Hall–Kier alpha value is -0.500. The summed E-state index contributed by atoms with van der Waals surface area (Å²) in [6, 6.07) is -1.41. The topological polar surface area (TPSA) is 162 Å². The summed E-state index contributed by atoms with van der Waals surface area (Å²) in [6.45, 7) is -0.709. The number of hydrogen-bond donors (Lipinski definition) is 4. The minimum absolute atomic E-state index is 0. The van der Waals surface area contributed by atoms with Crippen LogP contribution in [0.25, 0.3) is 0 Å². The molecule has 0 aliphatic carbocycles. The molecule has 0 aromatic carbocycles. The summed E-state index contributed by atoms with van der Waals surface area (Å²) in [6.07, 6.45) is 0. The third kappa shape index (κ3) is 7.61. The van der Waals surface area contributed by atoms with E-state index in [1.165, 1.54) is 0 Å². The molecule has 74 valence electrons. The second-order valence-corrected chi connectivity index (χ2v) is 2.97. The number of carbonyl (C=O) groups is 1. The van der Waals surface area contributed by atoms with Gasteiger partial charge in [0.15, 0.2) is 0 Å². The highest BCUT2D eigenvalue weighted by Crippen LogP contribution is 2.35. The summed E-state index contributed by atoms with van der Waals surface area (Å²) in [4.78, 5) is 26.1. The Labute approximate surface area is 67.5 Å². The molecule has 9 heteroatoms. The van der Waals surface area contributed by atoms with Crippen molar-refractivity contribution in [3.8, 4) is 0 Å². The molecule has 7 N–H and O–H groups in total. The van der Waals surface area contributed by atoms with Crippen molar-refractivity contribution < 1.29 is 34.3 Å². The van der Waals surface area contributed by atoms with E-state index in [1.807, 2.05) is 0 Å². The summed E-state index contributed by atoms with van der Waals surface area (Å²) in [5.74, 6) is -1.38. The van der Waals surface area contributed by atoms with Crippen molar-refractivity contribution in [2.45, 2.75) is 6.04 Å². The minimum Gasteiger partial charge on any atom is -0.480 e. The summed E-state index contributed by atoms with van der Waals surface area (Å²) >= 11 is 0. The number of rotatable bonds is 4. The average Bonchev–Trinajstić information content (AvgIpc) is 1.80. The Bertz CT molecular complexity index is 187. The van der Waals surface area contributed by atoms with Gasteiger partial charge in [-0.05, 0) is 0 Å². The first-order valence-corrected chi connectivity index (χ1v) is 4.04. The zero-order chi connectivity index (χ0) is 9.07. The van der Waals surface area contributed by atoms with Crippen molar-refractivity contribution in [3.63, 3.8) is 0 Å². The highest BCUT2D eigenvalue weighted by atomic mass is 31.2. The lowest BCUT2D eigenvalue weighted by Crippen LogP contribution is -2.34. The molecule has 12 heavy (non-hydrogen) atoms. The van der Waals surface area contributed by atoms with E-state index < -0.39 is 26.4 Å². The van der Waals surface area contributed by atoms with Gasteiger partial charge in [0.25, 0.3) is 0 Å². The van der Waals surface area contributed by atoms with E-state index in [0.717, 1.165) is 0 Å². The summed E-state index contributed by atoms with van der Waals surface area (Å²) in [7, 11) is -4.60. The number of hydrogen-bond acceptors (Lipinski definition) is 4. The first-order chi connectivity index (χ1) is 4.83. The Morgan fingerprint density at radius 1 is 1.58 bits per heavy atom. The second-order valence-electron chi connectivity index (χ2n) is 1.73. The highest BCUT2D eigenvalue weighted by Gasteiger charge is 2.19. The molecule has 0 rings (SSSR count). The van der Waals surface area contributed by atoms with Gasteiger partial charge in [0.05, 0.1) is 6.61 Å². The van der Waals surface area contributed by atoms with Gasteiger partial charge in [-0.1, -0.05) is 0 Å². The molecule has 0 aromatic heterocycles. The van der Waals surface area contributed by atoms with Crippen molar-refractivity contribution in [2.75, 3.05) is 6.61 Å². The van der Waals surface area contributed by atoms with Crippen LogP contribution < -0.4 is 5.73 Å². The van der Waals surface area contributed by atoms with E-state index in [0.29, 0.717) is 0 Å². The predicted octanol–water partition coefficient (Wildman–Crippen LogP) is -2.32. The standard InChI is InChI=1S/C3H8NO6P.H2O/c4-2(3(5)6)1-10-11(7,8)9;/h2H,1,4H2,(H,5,6)(H2,7,8,9);1H2. The summed E-state index contributed by atoms with van der Waals surface area (Å²) < 4.78 is 13.8. The molecule has 0 aromatic rings. The minimum atomic E-state index is -4.60. The van der Waals surface area contributed by atoms with E-state index in [1.54, 1.807) is 0 Å². The zero-order valence-corrected chi connectivity index (χ0v) is 6.77. The van der Waals surface area contributed by atoms with Crippen LogP contribution in [0.5, 0.6) is 0 Å². The van der Waals surface area contributed by atoms with Crippen LogP contribution in [0.4, 0.5) is 0 Å². The lowest BCUT2D eigenvalue weighted by Gasteiger charge is -2.07. The molecular formula is C3H10NO7P. The van der Waals surface area contributed by atoms with Gasteiger partial charge in [-0.25, -0.2) is 4.57 Å². The molecule has 0 fully saturated rings. The number of phosphoric acid groups is 1. The quantitative estimate of drug-likeness (QED) is 0.372. The molecular weight excluding hydrogens is 193 g/mol. The van der Waals surface area contributed by atoms with Gasteiger partial charge >= 0.3 is 13.8 Å². The van der Waals surface area contributed by atoms with Crippen LogP contribution in [0.1, 0.15) is 0 Å². The number of phosphoric ester groups is 1. The van der Waals surface area contributed by atoms with E-state index in [4.69, 9.17) is 20.6 Å². The fourth-order valence-electron chi connectivity index (χ4n) is 0.249. The van der Waals surface area contributed by atoms with E-state index >= 15 is 0 Å². The third-order valence-electron chi connectivity index (χ3n) is 0.739. The first-order valence-electron chi connectivity index (χ1n) is 2.51. The van der Waals surface area contributed by atoms with Gasteiger partial charge in [-0.3, -0.25) is 9.32 Å². The zero-order valence-electron chi connectivity index (χ0n) is 5.88. The molecule has 0 heterocycles. The van der Waals surface area contributed by atoms with E-state index in [-0.39, 0.29) is 5.48 Å². The molecule has 0 radical (unpaired) electrons. The van der Waals surface area contributed by atoms with Crippen molar-refractivity contribution in [1.29, 1.82) is 0 Å². The van der Waals surface area contributed by atoms with Crippen LogP contribution in [0.3, 0.4) is 0 Å². The Morgan fingerprint density at radius 2 is 2.00 bits per heavy atom. The van der Waals surface area contributed by atoms with Crippen LogP contribution in [0, 0.1) is 0 Å². The van der Waals surface area contributed by atoms with E-state index in [2.05, 4.69) is 4.52 Å². The van der Waals surface area contributed by atoms with E-state index in [9.17, 15) is 9.36 Å². The smallest absolute Gasteiger partial charge is 0.469 e. The summed E-state index contributed by atoms with van der Waals surface area (Å²) in [5.41, 5.74) is 4.86. The Balaban J connectivity index is 0. The Morgan fingerprint density at radius 3 is 2.25 bits per heavy atom. The fourth-order valence-corrected chi connectivity index (χ4v) is 0.603. The molecule has 0 amide bonds. The lowest BCUT2D eigenvalue weighted by molar-refractivity contribution is -0.139. The van der Waals surface area contributed by atoms with Crippen LogP contribution in [0.15, 0.2) is 0 Å². The van der Waals surface area contributed by atoms with Crippen molar-refractivity contribution in [1.82, 2.24) is 0 Å². The highest BCUT2D eigenvalue weighted by molar-refractivity contribution is 7.46. The third-order valence-corrected chi connectivity index (χ3v) is 1.22. The maximum atomic E-state index is 9.98. The van der Waals surface area contributed by atoms with Crippen molar-refractivity contribution in [3.05, 3.63) is 0 Å². The maximum absolute atomic E-state index is 9.98. The molecule has 0 saturated heterocycles. The van der Waals surface area contributed by atoms with Gasteiger partial charge < -0.3 is 26.1 Å². The molecule has 0 spiro atoms. The van der Waals surface area contributed by atoms with Crippen molar-refractivity contribution >= 4 is 13.8 Å². The molecule has 0 saturated carbocycles. The Kier molecular flexibility index (Phi) is 6.09. The lowest BCUT2D eigenvalue weighted by atomic mass is 10.3. The molecule has 0 aliphatic heterocycles. The van der Waals surface area contributed by atoms with Crippen molar-refractivity contribution in [2.24, 2.45) is 5.73 Å². The second kappa shape index (κ2) is 5.20. The first kappa shape index (κ1) is 14.0. The number of carboxylic acid groups (broad SMARTS) is 1. The van der Waals surface area contributed by atoms with Gasteiger partial charge in [-0.2, -0.15) is 0 Å². The normalized spacial score (nSPS) is 13.2. The monoisotopic (exact) mass is 203 g/mol. The van der Waals surface area contributed by atoms with Gasteiger partial charge in [0.1, 0.15) is 6.04 Å². The fraction of sp³-hybridized carbons (Fsp3) is 0.667. The average molecular weight is 203 g/mol. The van der Waals surface area contributed by atoms with Gasteiger partial charge in [-0.15, -0.1) is 0 Å². The molecule has 0 aliphatic rings. The molecule has 1 atom stereocenters. The van der Waals surface area contributed by atoms with Crippen LogP contribution in [0.2, 0.25) is 0 Å². The maximum Gasteiger partial charge on any atom is 0.469 e. The van der Waals surface area contributed by atoms with Gasteiger partial charge in [0.2, 0.25) is 0 Å². The summed E-state index contributed by atoms with van der Waals surface area (Å²) in [5, 5.41) is 8.12. The number of nitrogens with two attached hydrogens (primary N) is 1. The molecule has 8 nitrogen and oxygen atoms in total. The SMILES string of the molecule is NC(COP(=O)(O)O)C(=O)O.O. The largest absolute Gasteiger partial charge is 0.480 e. The van der Waals surface area contributed by atoms with Crippen LogP contribution >= 0.6 is 7.82 Å². The number of aliphatic carboxylic acids is 1. The molecule has 0 bridgehead atoms. The predicted molar refractivity (Wildman–Crippen MR) is 37.2 cm³/mol.